The van der Waals surface area contributed by atoms with E-state index in [4.69, 9.17) is 4.52 Å². The standard InChI is InChI=1S/C24H36NO5P/c1-30-31(29,15-9-8-12-19-10-4-2-5-11-19)18-23(26)25-17-21(16-22(25)24(27)28)20-13-6-3-7-14-20/h2,4-5,10-11,20-22H,3,6-9,12-18H2,1H3,(H,27,28)/t21-,22+,31?/m1/s1. The van der Waals surface area contributed by atoms with Gasteiger partial charge in [0.2, 0.25) is 13.3 Å². The van der Waals surface area contributed by atoms with Crippen LogP contribution in [0.15, 0.2) is 30.3 Å². The number of nitrogens with zero attached hydrogens (tertiary/aromatic N) is 1. The van der Waals surface area contributed by atoms with Crippen LogP contribution < -0.4 is 0 Å². The number of carbonyl (C=O) groups is 2. The fourth-order valence-electron chi connectivity index (χ4n) is 5.18. The van der Waals surface area contributed by atoms with E-state index in [0.29, 0.717) is 31.5 Å². The molecule has 6 nitrogen and oxygen atoms in total. The molecule has 1 heterocycles. The van der Waals surface area contributed by atoms with Gasteiger partial charge in [-0.3, -0.25) is 9.36 Å². The van der Waals surface area contributed by atoms with Gasteiger partial charge in [0.25, 0.3) is 0 Å². The van der Waals surface area contributed by atoms with E-state index in [0.717, 1.165) is 25.7 Å². The predicted molar refractivity (Wildman–Crippen MR) is 122 cm³/mol. The summed E-state index contributed by atoms with van der Waals surface area (Å²) < 4.78 is 18.5. The largest absolute Gasteiger partial charge is 0.480 e. The molecule has 1 saturated carbocycles. The SMILES string of the molecule is COP(=O)(CCCCc1ccccc1)CC(=O)N1C[C@H](C2CCCCC2)C[C@H]1C(=O)O. The normalized spacial score (nSPS) is 24.1. The van der Waals surface area contributed by atoms with Gasteiger partial charge < -0.3 is 14.5 Å². The third-order valence-electron chi connectivity index (χ3n) is 7.02. The molecule has 1 amide bonds. The van der Waals surface area contributed by atoms with Gasteiger partial charge in [-0.25, -0.2) is 4.79 Å². The van der Waals surface area contributed by atoms with Crippen LogP contribution in [-0.2, 0) is 25.1 Å². The molecule has 3 atom stereocenters. The number of carboxylic acid groups (broad SMARTS) is 1. The maximum atomic E-state index is 13.2. The number of carboxylic acids is 1. The molecule has 0 bridgehead atoms. The lowest BCUT2D eigenvalue weighted by molar-refractivity contribution is -0.147. The van der Waals surface area contributed by atoms with Crippen molar-refractivity contribution in [2.45, 2.75) is 63.8 Å². The van der Waals surface area contributed by atoms with Crippen LogP contribution in [0.1, 0.15) is 56.9 Å². The summed E-state index contributed by atoms with van der Waals surface area (Å²) >= 11 is 0. The summed E-state index contributed by atoms with van der Waals surface area (Å²) in [6.45, 7) is 0.470. The molecule has 7 heteroatoms. The Kier molecular flexibility index (Phi) is 8.74. The Labute approximate surface area is 185 Å². The lowest BCUT2D eigenvalue weighted by atomic mass is 9.79. The average Bonchev–Trinajstić information content (AvgIpc) is 3.24. The van der Waals surface area contributed by atoms with Crippen LogP contribution in [0.5, 0.6) is 0 Å². The van der Waals surface area contributed by atoms with Gasteiger partial charge in [0, 0.05) is 19.8 Å². The average molecular weight is 450 g/mol. The lowest BCUT2D eigenvalue weighted by Gasteiger charge is -2.27. The molecule has 0 radical (unpaired) electrons. The zero-order valence-corrected chi connectivity index (χ0v) is 19.5. The highest BCUT2D eigenvalue weighted by molar-refractivity contribution is 7.59. The van der Waals surface area contributed by atoms with E-state index in [-0.39, 0.29) is 18.0 Å². The third-order valence-corrected chi connectivity index (χ3v) is 9.44. The first-order valence-electron chi connectivity index (χ1n) is 11.6. The van der Waals surface area contributed by atoms with Gasteiger partial charge >= 0.3 is 5.97 Å². The van der Waals surface area contributed by atoms with E-state index >= 15 is 0 Å². The van der Waals surface area contributed by atoms with Crippen molar-refractivity contribution in [2.75, 3.05) is 26.0 Å². The van der Waals surface area contributed by atoms with Crippen molar-refractivity contribution in [3.05, 3.63) is 35.9 Å². The molecule has 0 spiro atoms. The molecule has 1 unspecified atom stereocenters. The number of rotatable bonds is 10. The van der Waals surface area contributed by atoms with E-state index in [1.165, 1.54) is 36.8 Å². The van der Waals surface area contributed by atoms with Gasteiger partial charge in [0.05, 0.1) is 0 Å². The molecule has 2 aliphatic rings. The van der Waals surface area contributed by atoms with Crippen molar-refractivity contribution < 1.29 is 23.8 Å². The van der Waals surface area contributed by atoms with Crippen LogP contribution in [0.3, 0.4) is 0 Å². The van der Waals surface area contributed by atoms with E-state index in [2.05, 4.69) is 12.1 Å². The molecule has 1 N–H and O–H groups in total. The Hall–Kier alpha value is -1.65. The second kappa shape index (κ2) is 11.3. The van der Waals surface area contributed by atoms with E-state index in [1.54, 1.807) is 0 Å². The van der Waals surface area contributed by atoms with Crippen molar-refractivity contribution in [1.29, 1.82) is 0 Å². The molecule has 1 aromatic rings. The molecule has 1 aromatic carbocycles. The summed E-state index contributed by atoms with van der Waals surface area (Å²) in [5.74, 6) is -0.556. The molecule has 0 aromatic heterocycles. The lowest BCUT2D eigenvalue weighted by Crippen LogP contribution is -2.42. The number of benzene rings is 1. The fraction of sp³-hybridized carbons (Fsp3) is 0.667. The molecule has 172 valence electrons. The van der Waals surface area contributed by atoms with E-state index < -0.39 is 19.4 Å². The molecular formula is C24H36NO5P. The molecule has 31 heavy (non-hydrogen) atoms. The zero-order chi connectivity index (χ0) is 22.3. The Balaban J connectivity index is 1.54. The number of carbonyl (C=O) groups excluding carboxylic acids is 1. The number of amides is 1. The van der Waals surface area contributed by atoms with Crippen LogP contribution in [-0.4, -0.2) is 53.9 Å². The number of aliphatic carboxylic acids is 1. The fourth-order valence-corrected chi connectivity index (χ4v) is 6.95. The van der Waals surface area contributed by atoms with Crippen LogP contribution in [0.25, 0.3) is 0 Å². The minimum atomic E-state index is -3.12. The van der Waals surface area contributed by atoms with Gasteiger partial charge in [-0.1, -0.05) is 62.4 Å². The maximum absolute atomic E-state index is 13.2. The van der Waals surface area contributed by atoms with Crippen molar-refractivity contribution in [1.82, 2.24) is 4.90 Å². The smallest absolute Gasteiger partial charge is 0.326 e. The first-order chi connectivity index (χ1) is 14.9. The topological polar surface area (TPSA) is 83.9 Å². The number of unbranched alkanes of at least 4 members (excludes halogenated alkanes) is 1. The number of hydrogen-bond donors (Lipinski definition) is 1. The van der Waals surface area contributed by atoms with Crippen molar-refractivity contribution in [2.24, 2.45) is 11.8 Å². The highest BCUT2D eigenvalue weighted by Crippen LogP contribution is 2.48. The third kappa shape index (κ3) is 6.66. The molecule has 2 fully saturated rings. The second-order valence-corrected chi connectivity index (χ2v) is 11.9. The highest BCUT2D eigenvalue weighted by Gasteiger charge is 2.43. The van der Waals surface area contributed by atoms with Gasteiger partial charge in [0.15, 0.2) is 0 Å². The Morgan fingerprint density at radius 1 is 1.10 bits per heavy atom. The van der Waals surface area contributed by atoms with Crippen molar-refractivity contribution >= 4 is 19.2 Å². The Morgan fingerprint density at radius 2 is 1.81 bits per heavy atom. The number of aryl methyl sites for hydroxylation is 1. The Morgan fingerprint density at radius 3 is 2.45 bits per heavy atom. The van der Waals surface area contributed by atoms with Crippen LogP contribution in [0, 0.1) is 11.8 Å². The second-order valence-electron chi connectivity index (χ2n) is 9.12. The van der Waals surface area contributed by atoms with Crippen LogP contribution >= 0.6 is 7.37 Å². The van der Waals surface area contributed by atoms with Crippen LogP contribution in [0.2, 0.25) is 0 Å². The van der Waals surface area contributed by atoms with Gasteiger partial charge in [0.1, 0.15) is 12.2 Å². The van der Waals surface area contributed by atoms with Gasteiger partial charge in [-0.05, 0) is 43.1 Å². The van der Waals surface area contributed by atoms with E-state index in [1.807, 2.05) is 18.2 Å². The van der Waals surface area contributed by atoms with Gasteiger partial charge in [-0.15, -0.1) is 0 Å². The minimum Gasteiger partial charge on any atom is -0.480 e. The molecule has 1 aliphatic heterocycles. The quantitative estimate of drug-likeness (QED) is 0.409. The monoisotopic (exact) mass is 449 g/mol. The molecule has 3 rings (SSSR count). The van der Waals surface area contributed by atoms with Crippen molar-refractivity contribution in [3.63, 3.8) is 0 Å². The Bertz CT molecular complexity index is 777. The summed E-state index contributed by atoms with van der Waals surface area (Å²) in [4.78, 5) is 26.3. The first kappa shape index (κ1) is 24.0. The minimum absolute atomic E-state index is 0.198. The molecular weight excluding hydrogens is 413 g/mol. The number of likely N-dealkylation sites (tertiary alicyclic amines) is 1. The highest BCUT2D eigenvalue weighted by atomic mass is 31.2. The molecule has 1 saturated heterocycles. The summed E-state index contributed by atoms with van der Waals surface area (Å²) in [7, 11) is -1.73. The first-order valence-corrected chi connectivity index (χ1v) is 13.6. The summed E-state index contributed by atoms with van der Waals surface area (Å²) in [5, 5.41) is 9.69. The van der Waals surface area contributed by atoms with E-state index in [9.17, 15) is 19.3 Å². The maximum Gasteiger partial charge on any atom is 0.326 e. The molecule has 1 aliphatic carbocycles. The van der Waals surface area contributed by atoms with Crippen molar-refractivity contribution in [3.8, 4) is 0 Å². The summed E-state index contributed by atoms with van der Waals surface area (Å²) in [5.41, 5.74) is 1.24. The summed E-state index contributed by atoms with van der Waals surface area (Å²) in [6.07, 6.45) is 9.01. The van der Waals surface area contributed by atoms with Gasteiger partial charge in [-0.2, -0.15) is 0 Å². The zero-order valence-electron chi connectivity index (χ0n) is 18.6. The summed E-state index contributed by atoms with van der Waals surface area (Å²) in [6, 6.07) is 9.33. The predicted octanol–water partition coefficient (Wildman–Crippen LogP) is 4.82. The number of hydrogen-bond acceptors (Lipinski definition) is 4. The van der Waals surface area contributed by atoms with Crippen LogP contribution in [0.4, 0.5) is 0 Å².